The molecule has 2 rings (SSSR count). The predicted molar refractivity (Wildman–Crippen MR) is 100.0 cm³/mol. The fourth-order valence-corrected chi connectivity index (χ4v) is 3.68. The van der Waals surface area contributed by atoms with E-state index in [9.17, 15) is 0 Å². The van der Waals surface area contributed by atoms with E-state index in [4.69, 9.17) is 0 Å². The second kappa shape index (κ2) is 10.7. The van der Waals surface area contributed by atoms with Crippen LogP contribution in [-0.4, -0.2) is 50.6 Å². The summed E-state index contributed by atoms with van der Waals surface area (Å²) in [7, 11) is 1.87. The van der Waals surface area contributed by atoms with Crippen molar-refractivity contribution < 1.29 is 0 Å². The minimum atomic E-state index is 0.885. The molecule has 1 fully saturated rings. The molecular formula is C19H36N4. The van der Waals surface area contributed by atoms with Gasteiger partial charge in [0.05, 0.1) is 0 Å². The number of aliphatic imine (C=N–C) groups is 1. The standard InChI is InChI=1S/C19H36N4/c1-3-23-15-11-18(12-16-23)10-14-22-19(20-2)21-13-9-17-7-5-4-6-8-17/h7,18H,3-6,8-16H2,1-2H3,(H2,20,21,22). The number of piperidine rings is 1. The van der Waals surface area contributed by atoms with E-state index in [1.165, 1.54) is 64.6 Å². The Hall–Kier alpha value is -1.03. The molecule has 4 nitrogen and oxygen atoms in total. The lowest BCUT2D eigenvalue weighted by atomic mass is 9.93. The van der Waals surface area contributed by atoms with Crippen molar-refractivity contribution in [3.05, 3.63) is 11.6 Å². The van der Waals surface area contributed by atoms with Crippen molar-refractivity contribution in [2.45, 2.75) is 58.3 Å². The maximum atomic E-state index is 4.35. The number of allylic oxidation sites excluding steroid dienone is 1. The van der Waals surface area contributed by atoms with E-state index in [1.807, 2.05) is 7.05 Å². The van der Waals surface area contributed by atoms with Gasteiger partial charge in [-0.3, -0.25) is 4.99 Å². The van der Waals surface area contributed by atoms with Gasteiger partial charge in [0.25, 0.3) is 0 Å². The zero-order valence-electron chi connectivity index (χ0n) is 15.2. The minimum absolute atomic E-state index is 0.885. The second-order valence-electron chi connectivity index (χ2n) is 6.95. The molecule has 0 radical (unpaired) electrons. The van der Waals surface area contributed by atoms with E-state index in [0.29, 0.717) is 0 Å². The van der Waals surface area contributed by atoms with Crippen LogP contribution in [0.1, 0.15) is 58.3 Å². The molecule has 0 spiro atoms. The van der Waals surface area contributed by atoms with E-state index in [0.717, 1.165) is 31.4 Å². The van der Waals surface area contributed by atoms with Crippen LogP contribution in [0.4, 0.5) is 0 Å². The predicted octanol–water partition coefficient (Wildman–Crippen LogP) is 3.16. The zero-order chi connectivity index (χ0) is 16.3. The lowest BCUT2D eigenvalue weighted by molar-refractivity contribution is 0.187. The molecule has 0 atom stereocenters. The molecule has 132 valence electrons. The third-order valence-corrected chi connectivity index (χ3v) is 5.35. The summed E-state index contributed by atoms with van der Waals surface area (Å²) in [6.07, 6.45) is 12.9. The first kappa shape index (κ1) is 18.3. The minimum Gasteiger partial charge on any atom is -0.356 e. The summed E-state index contributed by atoms with van der Waals surface area (Å²) in [4.78, 5) is 6.91. The molecule has 0 bridgehead atoms. The first-order chi connectivity index (χ1) is 11.3. The maximum absolute atomic E-state index is 4.35. The quantitative estimate of drug-likeness (QED) is 0.430. The van der Waals surface area contributed by atoms with Gasteiger partial charge in [0.15, 0.2) is 5.96 Å². The van der Waals surface area contributed by atoms with Crippen molar-refractivity contribution in [1.29, 1.82) is 0 Å². The van der Waals surface area contributed by atoms with E-state index < -0.39 is 0 Å². The normalized spacial score (nSPS) is 21.1. The lowest BCUT2D eigenvalue weighted by Gasteiger charge is -2.31. The molecule has 2 aliphatic rings. The van der Waals surface area contributed by atoms with Gasteiger partial charge >= 0.3 is 0 Å². The van der Waals surface area contributed by atoms with Crippen LogP contribution in [0.25, 0.3) is 0 Å². The van der Waals surface area contributed by atoms with Crippen LogP contribution in [0.15, 0.2) is 16.6 Å². The van der Waals surface area contributed by atoms with Crippen LogP contribution in [0.3, 0.4) is 0 Å². The molecule has 23 heavy (non-hydrogen) atoms. The molecule has 0 amide bonds. The summed E-state index contributed by atoms with van der Waals surface area (Å²) in [6.45, 7) is 8.07. The zero-order valence-corrected chi connectivity index (χ0v) is 15.2. The molecule has 0 saturated carbocycles. The number of guanidine groups is 1. The SMILES string of the molecule is CCN1CCC(CCNC(=NC)NCCC2=CCCCC2)CC1. The van der Waals surface area contributed by atoms with Gasteiger partial charge < -0.3 is 15.5 Å². The van der Waals surface area contributed by atoms with Crippen LogP contribution < -0.4 is 10.6 Å². The molecule has 0 aromatic carbocycles. The molecule has 0 aromatic heterocycles. The molecule has 0 unspecified atom stereocenters. The number of nitrogens with zero attached hydrogens (tertiary/aromatic N) is 2. The Kier molecular flexibility index (Phi) is 8.51. The average Bonchev–Trinajstić information content (AvgIpc) is 2.62. The Morgan fingerprint density at radius 1 is 1.22 bits per heavy atom. The summed E-state index contributed by atoms with van der Waals surface area (Å²) < 4.78 is 0. The summed E-state index contributed by atoms with van der Waals surface area (Å²) in [6, 6.07) is 0. The number of likely N-dealkylation sites (tertiary alicyclic amines) is 1. The number of rotatable bonds is 7. The van der Waals surface area contributed by atoms with E-state index in [1.54, 1.807) is 5.57 Å². The van der Waals surface area contributed by atoms with Crippen LogP contribution in [0.5, 0.6) is 0 Å². The van der Waals surface area contributed by atoms with Gasteiger partial charge in [0.2, 0.25) is 0 Å². The summed E-state index contributed by atoms with van der Waals surface area (Å²) in [5.41, 5.74) is 1.63. The number of hydrogen-bond acceptors (Lipinski definition) is 2. The number of hydrogen-bond donors (Lipinski definition) is 2. The number of nitrogens with one attached hydrogen (secondary N) is 2. The third kappa shape index (κ3) is 6.94. The van der Waals surface area contributed by atoms with Crippen LogP contribution in [0.2, 0.25) is 0 Å². The van der Waals surface area contributed by atoms with Gasteiger partial charge in [-0.1, -0.05) is 18.6 Å². The topological polar surface area (TPSA) is 39.7 Å². The summed E-state index contributed by atoms with van der Waals surface area (Å²) >= 11 is 0. The van der Waals surface area contributed by atoms with Gasteiger partial charge in [-0.2, -0.15) is 0 Å². The van der Waals surface area contributed by atoms with E-state index >= 15 is 0 Å². The van der Waals surface area contributed by atoms with Gasteiger partial charge in [-0.15, -0.1) is 0 Å². The first-order valence-corrected chi connectivity index (χ1v) is 9.66. The first-order valence-electron chi connectivity index (χ1n) is 9.66. The van der Waals surface area contributed by atoms with E-state index in [2.05, 4.69) is 33.5 Å². The highest BCUT2D eigenvalue weighted by Crippen LogP contribution is 2.20. The van der Waals surface area contributed by atoms with Crippen LogP contribution >= 0.6 is 0 Å². The van der Waals surface area contributed by atoms with Crippen molar-refractivity contribution in [3.63, 3.8) is 0 Å². The molecule has 1 aliphatic heterocycles. The summed E-state index contributed by atoms with van der Waals surface area (Å²) in [5, 5.41) is 6.95. The largest absolute Gasteiger partial charge is 0.356 e. The van der Waals surface area contributed by atoms with Gasteiger partial charge in [-0.25, -0.2) is 0 Å². The summed E-state index contributed by atoms with van der Waals surface area (Å²) in [5.74, 6) is 1.85. The molecule has 1 aliphatic carbocycles. The van der Waals surface area contributed by atoms with Gasteiger partial charge in [-0.05, 0) is 76.9 Å². The fraction of sp³-hybridized carbons (Fsp3) is 0.842. The van der Waals surface area contributed by atoms with E-state index in [-0.39, 0.29) is 0 Å². The Labute approximate surface area is 142 Å². The molecule has 2 N–H and O–H groups in total. The maximum Gasteiger partial charge on any atom is 0.190 e. The molecule has 1 saturated heterocycles. The average molecular weight is 321 g/mol. The van der Waals surface area contributed by atoms with Crippen molar-refractivity contribution >= 4 is 5.96 Å². The van der Waals surface area contributed by atoms with Crippen molar-refractivity contribution in [2.75, 3.05) is 39.8 Å². The fourth-order valence-electron chi connectivity index (χ4n) is 3.68. The Bertz CT molecular complexity index is 381. The monoisotopic (exact) mass is 320 g/mol. The Morgan fingerprint density at radius 3 is 2.65 bits per heavy atom. The Morgan fingerprint density at radius 2 is 2.00 bits per heavy atom. The highest BCUT2D eigenvalue weighted by molar-refractivity contribution is 5.79. The smallest absolute Gasteiger partial charge is 0.190 e. The molecule has 0 aromatic rings. The van der Waals surface area contributed by atoms with Crippen LogP contribution in [0, 0.1) is 5.92 Å². The molecule has 4 heteroatoms. The highest BCUT2D eigenvalue weighted by atomic mass is 15.2. The molecular weight excluding hydrogens is 284 g/mol. The third-order valence-electron chi connectivity index (χ3n) is 5.35. The van der Waals surface area contributed by atoms with Gasteiger partial charge in [0, 0.05) is 20.1 Å². The lowest BCUT2D eigenvalue weighted by Crippen LogP contribution is -2.39. The highest BCUT2D eigenvalue weighted by Gasteiger charge is 2.17. The van der Waals surface area contributed by atoms with Crippen LogP contribution in [-0.2, 0) is 0 Å². The molecule has 1 heterocycles. The Balaban J connectivity index is 1.55. The van der Waals surface area contributed by atoms with Gasteiger partial charge in [0.1, 0.15) is 0 Å². The van der Waals surface area contributed by atoms with Crippen molar-refractivity contribution in [3.8, 4) is 0 Å². The second-order valence-corrected chi connectivity index (χ2v) is 6.95. The van der Waals surface area contributed by atoms with Crippen molar-refractivity contribution in [2.24, 2.45) is 10.9 Å². The van der Waals surface area contributed by atoms with Crippen molar-refractivity contribution in [1.82, 2.24) is 15.5 Å².